The molecule has 2 heterocycles. The molecule has 142 valence electrons. The Hall–Kier alpha value is -1.57. The number of hydrogen-bond acceptors (Lipinski definition) is 6. The van der Waals surface area contributed by atoms with Crippen molar-refractivity contribution in [3.8, 4) is 5.69 Å². The molecule has 0 radical (unpaired) electrons. The minimum absolute atomic E-state index is 0.462. The molecule has 27 heavy (non-hydrogen) atoms. The molecule has 0 saturated heterocycles. The molecule has 8 heteroatoms. The third-order valence-corrected chi connectivity index (χ3v) is 6.26. The highest BCUT2D eigenvalue weighted by atomic mass is 35.5. The van der Waals surface area contributed by atoms with Crippen LogP contribution in [0.5, 0.6) is 0 Å². The number of aryl methyl sites for hydroxylation is 2. The first kappa shape index (κ1) is 20.2. The molecule has 1 atom stereocenters. The average molecular weight is 420 g/mol. The maximum absolute atomic E-state index is 6.06. The fraction of sp³-hybridized carbons (Fsp3) is 0.368. The van der Waals surface area contributed by atoms with Crippen LogP contribution in [0.15, 0.2) is 40.6 Å². The van der Waals surface area contributed by atoms with Crippen LogP contribution in [0.4, 0.5) is 0 Å². The van der Waals surface area contributed by atoms with Crippen LogP contribution in [0.1, 0.15) is 37.5 Å². The number of nitrogens with zero attached hydrogens (tertiary/aromatic N) is 5. The molecular formula is C19H22ClN5S2. The quantitative estimate of drug-likeness (QED) is 0.371. The van der Waals surface area contributed by atoms with Gasteiger partial charge in [-0.2, -0.15) is 0 Å². The Kier molecular flexibility index (Phi) is 6.78. The number of hydrogen-bond donors (Lipinski definition) is 0. The molecule has 0 aliphatic rings. The van der Waals surface area contributed by atoms with Crippen LogP contribution >= 0.6 is 35.1 Å². The Labute approximate surface area is 173 Å². The van der Waals surface area contributed by atoms with Crippen molar-refractivity contribution in [3.05, 3.63) is 52.6 Å². The van der Waals surface area contributed by atoms with E-state index in [1.54, 1.807) is 23.5 Å². The van der Waals surface area contributed by atoms with E-state index >= 15 is 0 Å². The minimum Gasteiger partial charge on any atom is -0.273 e. The zero-order chi connectivity index (χ0) is 19.4. The van der Waals surface area contributed by atoms with Gasteiger partial charge in [0.15, 0.2) is 10.3 Å². The van der Waals surface area contributed by atoms with Crippen molar-refractivity contribution in [1.29, 1.82) is 0 Å². The second-order valence-electron chi connectivity index (χ2n) is 6.27. The van der Waals surface area contributed by atoms with Gasteiger partial charge in [-0.05, 0) is 50.6 Å². The monoisotopic (exact) mass is 419 g/mol. The molecule has 1 aromatic carbocycles. The summed E-state index contributed by atoms with van der Waals surface area (Å²) in [4.78, 5) is 9.01. The van der Waals surface area contributed by atoms with Crippen LogP contribution in [0, 0.1) is 13.8 Å². The number of halogens is 1. The normalized spacial score (nSPS) is 12.3. The summed E-state index contributed by atoms with van der Waals surface area (Å²) in [6.45, 7) is 8.34. The number of aromatic nitrogens is 5. The second kappa shape index (κ2) is 9.08. The van der Waals surface area contributed by atoms with Gasteiger partial charge in [0.25, 0.3) is 0 Å². The maximum atomic E-state index is 6.06. The molecule has 0 spiro atoms. The summed E-state index contributed by atoms with van der Waals surface area (Å²) < 4.78 is 2.10. The van der Waals surface area contributed by atoms with E-state index < -0.39 is 0 Å². The number of thioether (sulfide) groups is 2. The lowest BCUT2D eigenvalue weighted by Gasteiger charge is -2.12. The van der Waals surface area contributed by atoms with E-state index in [2.05, 4.69) is 38.6 Å². The Morgan fingerprint density at radius 2 is 1.74 bits per heavy atom. The predicted molar refractivity (Wildman–Crippen MR) is 113 cm³/mol. The number of benzene rings is 1. The van der Waals surface area contributed by atoms with E-state index in [-0.39, 0.29) is 0 Å². The van der Waals surface area contributed by atoms with E-state index in [1.165, 1.54) is 0 Å². The maximum Gasteiger partial charge on any atom is 0.196 e. The summed E-state index contributed by atoms with van der Waals surface area (Å²) in [6.07, 6.45) is 1.07. The zero-order valence-electron chi connectivity index (χ0n) is 15.8. The lowest BCUT2D eigenvalue weighted by atomic mass is 10.3. The lowest BCUT2D eigenvalue weighted by molar-refractivity contribution is 0.840. The molecule has 0 aliphatic heterocycles. The van der Waals surface area contributed by atoms with Crippen molar-refractivity contribution in [2.24, 2.45) is 0 Å². The third-order valence-electron chi connectivity index (χ3n) is 3.96. The third kappa shape index (κ3) is 5.24. The molecule has 2 aromatic heterocycles. The van der Waals surface area contributed by atoms with Crippen LogP contribution in [-0.4, -0.2) is 30.0 Å². The molecule has 1 unspecified atom stereocenters. The van der Waals surface area contributed by atoms with Crippen molar-refractivity contribution in [3.63, 3.8) is 0 Å². The van der Waals surface area contributed by atoms with Gasteiger partial charge in [0.1, 0.15) is 5.82 Å². The summed E-state index contributed by atoms with van der Waals surface area (Å²) in [6, 6.07) is 9.74. The Bertz CT molecular complexity index is 891. The topological polar surface area (TPSA) is 56.5 Å². The number of rotatable bonds is 7. The highest BCUT2D eigenvalue weighted by molar-refractivity contribution is 7.99. The summed E-state index contributed by atoms with van der Waals surface area (Å²) >= 11 is 9.37. The molecule has 5 nitrogen and oxygen atoms in total. The van der Waals surface area contributed by atoms with E-state index in [0.29, 0.717) is 16.0 Å². The highest BCUT2D eigenvalue weighted by Crippen LogP contribution is 2.29. The van der Waals surface area contributed by atoms with Crippen LogP contribution in [0.25, 0.3) is 5.69 Å². The van der Waals surface area contributed by atoms with Gasteiger partial charge in [-0.15, -0.1) is 10.2 Å². The predicted octanol–water partition coefficient (Wildman–Crippen LogP) is 5.51. The molecule has 3 rings (SSSR count). The minimum atomic E-state index is 0.462. The van der Waals surface area contributed by atoms with E-state index in [0.717, 1.165) is 39.6 Å². The Morgan fingerprint density at radius 3 is 2.37 bits per heavy atom. The summed E-state index contributed by atoms with van der Waals surface area (Å²) in [5.74, 6) is 1.51. The van der Waals surface area contributed by atoms with Crippen LogP contribution < -0.4 is 0 Å². The summed E-state index contributed by atoms with van der Waals surface area (Å²) in [5.41, 5.74) is 2.95. The van der Waals surface area contributed by atoms with E-state index in [9.17, 15) is 0 Å². The van der Waals surface area contributed by atoms with Gasteiger partial charge in [0, 0.05) is 27.3 Å². The van der Waals surface area contributed by atoms with Crippen LogP contribution in [-0.2, 0) is 5.75 Å². The highest BCUT2D eigenvalue weighted by Gasteiger charge is 2.17. The molecule has 0 bridgehead atoms. The first-order valence-electron chi connectivity index (χ1n) is 8.78. The molecule has 0 amide bonds. The van der Waals surface area contributed by atoms with Gasteiger partial charge >= 0.3 is 0 Å². The van der Waals surface area contributed by atoms with Crippen molar-refractivity contribution in [1.82, 2.24) is 24.7 Å². The smallest absolute Gasteiger partial charge is 0.196 e. The van der Waals surface area contributed by atoms with Gasteiger partial charge in [0.2, 0.25) is 0 Å². The average Bonchev–Trinajstić information content (AvgIpc) is 3.02. The largest absolute Gasteiger partial charge is 0.273 e. The first-order chi connectivity index (χ1) is 13.0. The van der Waals surface area contributed by atoms with Crippen LogP contribution in [0.2, 0.25) is 5.02 Å². The van der Waals surface area contributed by atoms with Crippen LogP contribution in [0.3, 0.4) is 0 Å². The van der Waals surface area contributed by atoms with E-state index in [4.69, 9.17) is 11.6 Å². The zero-order valence-corrected chi connectivity index (χ0v) is 18.2. The van der Waals surface area contributed by atoms with Crippen molar-refractivity contribution in [2.75, 3.05) is 0 Å². The lowest BCUT2D eigenvalue weighted by Crippen LogP contribution is -2.04. The van der Waals surface area contributed by atoms with Gasteiger partial charge in [0.05, 0.1) is 5.75 Å². The molecule has 0 aliphatic carbocycles. The SMILES string of the molecule is CCC(C)Sc1nnc(CSc2nc(C)cc(C)n2)n1-c1ccc(Cl)cc1. The molecular weight excluding hydrogens is 398 g/mol. The van der Waals surface area contributed by atoms with Gasteiger partial charge in [-0.25, -0.2) is 9.97 Å². The fourth-order valence-corrected chi connectivity index (χ4v) is 4.39. The van der Waals surface area contributed by atoms with Crippen molar-refractivity contribution in [2.45, 2.75) is 55.4 Å². The molecule has 0 N–H and O–H groups in total. The molecule has 3 aromatic rings. The van der Waals surface area contributed by atoms with Crippen molar-refractivity contribution >= 4 is 35.1 Å². The fourth-order valence-electron chi connectivity index (χ4n) is 2.47. The Balaban J connectivity index is 1.90. The first-order valence-corrected chi connectivity index (χ1v) is 11.0. The molecule has 0 fully saturated rings. The van der Waals surface area contributed by atoms with Gasteiger partial charge in [-0.3, -0.25) is 4.57 Å². The second-order valence-corrected chi connectivity index (χ2v) is 9.05. The van der Waals surface area contributed by atoms with Gasteiger partial charge < -0.3 is 0 Å². The van der Waals surface area contributed by atoms with Gasteiger partial charge in [-0.1, -0.05) is 49.0 Å². The molecule has 0 saturated carbocycles. The summed E-state index contributed by atoms with van der Waals surface area (Å²) in [7, 11) is 0. The summed E-state index contributed by atoms with van der Waals surface area (Å²) in [5, 5.41) is 11.7. The van der Waals surface area contributed by atoms with E-state index in [1.807, 2.05) is 44.2 Å². The standard InChI is InChI=1S/C19H22ClN5S2/c1-5-14(4)27-19-24-23-17(25(19)16-8-6-15(20)7-9-16)11-26-18-21-12(2)10-13(3)22-18/h6-10,14H,5,11H2,1-4H3. The van der Waals surface area contributed by atoms with Crippen molar-refractivity contribution < 1.29 is 0 Å². The Morgan fingerprint density at radius 1 is 1.07 bits per heavy atom.